The number of hydrogen-bond donors (Lipinski definition) is 3. The number of carbonyl (C=O) groups is 2. The molecule has 13 heteroatoms. The highest BCUT2D eigenvalue weighted by Crippen LogP contribution is 2.32. The molecule has 170 valence electrons. The number of aliphatic carboxylic acids is 1. The Morgan fingerprint density at radius 3 is 2.32 bits per heavy atom. The van der Waals surface area contributed by atoms with Crippen molar-refractivity contribution in [3.8, 4) is 0 Å². The fourth-order valence-corrected chi connectivity index (χ4v) is 4.36. The Morgan fingerprint density at radius 2 is 1.84 bits per heavy atom. The van der Waals surface area contributed by atoms with Crippen LogP contribution in [-0.2, 0) is 21.1 Å². The van der Waals surface area contributed by atoms with E-state index in [1.54, 1.807) is 10.6 Å². The van der Waals surface area contributed by atoms with Crippen LogP contribution in [0.25, 0.3) is 10.9 Å². The first-order valence-electron chi connectivity index (χ1n) is 8.88. The van der Waals surface area contributed by atoms with E-state index in [1.807, 2.05) is 6.92 Å². The van der Waals surface area contributed by atoms with Crippen LogP contribution in [0, 0.1) is 0 Å². The number of pyridine rings is 1. The van der Waals surface area contributed by atoms with Crippen molar-refractivity contribution < 1.29 is 41.4 Å². The van der Waals surface area contributed by atoms with E-state index >= 15 is 0 Å². The molecule has 0 saturated carbocycles. The van der Waals surface area contributed by atoms with E-state index in [9.17, 15) is 36.3 Å². The van der Waals surface area contributed by atoms with Gasteiger partial charge in [0.15, 0.2) is 9.84 Å². The average Bonchev–Trinajstić information content (AvgIpc) is 2.65. The van der Waals surface area contributed by atoms with Gasteiger partial charge in [0.2, 0.25) is 5.43 Å². The topological polar surface area (TPSA) is 157 Å². The molecule has 1 aromatic carbocycles. The van der Waals surface area contributed by atoms with Gasteiger partial charge >= 0.3 is 18.1 Å². The fourth-order valence-electron chi connectivity index (χ4n) is 3.20. The molecule has 0 radical (unpaired) electrons. The number of aromatic nitrogens is 1. The molecular formula is C18H19F3N2O7S. The van der Waals surface area contributed by atoms with Crippen LogP contribution in [0.15, 0.2) is 28.0 Å². The Morgan fingerprint density at radius 1 is 1.26 bits per heavy atom. The standard InChI is InChI=1S/C16H18N2O5S.C2HF3O2/c1-9-2-3-10-6-11(24(22,23)5-4-17)7-12-14(10)18(9)8-13(15(12)19)16(20)21;3-2(4,5)1(6)7/h6-9H,2-5,17H2,1H3,(H,20,21);(H,6,7)/t9-;/m1./s1. The van der Waals surface area contributed by atoms with Crippen LogP contribution >= 0.6 is 0 Å². The summed E-state index contributed by atoms with van der Waals surface area (Å²) in [7, 11) is -3.61. The summed E-state index contributed by atoms with van der Waals surface area (Å²) in [6.45, 7) is 1.92. The summed E-state index contributed by atoms with van der Waals surface area (Å²) in [6.07, 6.45) is -2.35. The number of nitrogens with two attached hydrogens (primary N) is 1. The summed E-state index contributed by atoms with van der Waals surface area (Å²) in [4.78, 5) is 32.8. The molecule has 0 unspecified atom stereocenters. The van der Waals surface area contributed by atoms with E-state index in [0.717, 1.165) is 12.0 Å². The number of halogens is 3. The van der Waals surface area contributed by atoms with Crippen molar-refractivity contribution in [3.63, 3.8) is 0 Å². The Balaban J connectivity index is 0.000000423. The summed E-state index contributed by atoms with van der Waals surface area (Å²) in [6, 6.07) is 2.90. The van der Waals surface area contributed by atoms with Gasteiger partial charge in [0.05, 0.1) is 16.2 Å². The van der Waals surface area contributed by atoms with Crippen LogP contribution in [0.2, 0.25) is 0 Å². The molecule has 0 amide bonds. The van der Waals surface area contributed by atoms with Gasteiger partial charge in [-0.15, -0.1) is 0 Å². The molecule has 1 atom stereocenters. The lowest BCUT2D eigenvalue weighted by atomic mass is 9.96. The minimum Gasteiger partial charge on any atom is -0.477 e. The van der Waals surface area contributed by atoms with Crippen LogP contribution in [0.1, 0.15) is 35.3 Å². The van der Waals surface area contributed by atoms with Gasteiger partial charge in [0, 0.05) is 24.2 Å². The number of aryl methyl sites for hydroxylation is 1. The second-order valence-electron chi connectivity index (χ2n) is 6.86. The maximum Gasteiger partial charge on any atom is 0.490 e. The van der Waals surface area contributed by atoms with Gasteiger partial charge in [-0.1, -0.05) is 0 Å². The van der Waals surface area contributed by atoms with Crippen molar-refractivity contribution in [3.05, 3.63) is 39.7 Å². The lowest BCUT2D eigenvalue weighted by Crippen LogP contribution is -2.24. The Bertz CT molecular complexity index is 1200. The molecule has 0 fully saturated rings. The zero-order chi connectivity index (χ0) is 23.7. The van der Waals surface area contributed by atoms with Crippen LogP contribution in [0.4, 0.5) is 13.2 Å². The SMILES string of the molecule is C[C@@H]1CCc2cc(S(=O)(=O)CCN)cc3c(=O)c(C(=O)O)cn1c23.O=C(O)C(F)(F)F. The molecule has 31 heavy (non-hydrogen) atoms. The van der Waals surface area contributed by atoms with E-state index in [1.165, 1.54) is 12.3 Å². The fraction of sp³-hybridized carbons (Fsp3) is 0.389. The number of rotatable bonds is 4. The molecule has 0 aliphatic carbocycles. The number of carboxylic acid groups (broad SMARTS) is 2. The highest BCUT2D eigenvalue weighted by molar-refractivity contribution is 7.91. The first-order valence-corrected chi connectivity index (χ1v) is 10.5. The highest BCUT2D eigenvalue weighted by atomic mass is 32.2. The van der Waals surface area contributed by atoms with E-state index < -0.39 is 33.4 Å². The third-order valence-electron chi connectivity index (χ3n) is 4.70. The average molecular weight is 464 g/mol. The zero-order valence-electron chi connectivity index (χ0n) is 16.1. The van der Waals surface area contributed by atoms with Crippen molar-refractivity contribution in [2.45, 2.75) is 36.9 Å². The van der Waals surface area contributed by atoms with Crippen LogP contribution in [0.5, 0.6) is 0 Å². The molecule has 4 N–H and O–H groups in total. The number of carboxylic acids is 2. The molecule has 3 rings (SSSR count). The zero-order valence-corrected chi connectivity index (χ0v) is 17.0. The third-order valence-corrected chi connectivity index (χ3v) is 6.43. The van der Waals surface area contributed by atoms with Crippen molar-refractivity contribution in [2.75, 3.05) is 12.3 Å². The number of benzene rings is 1. The van der Waals surface area contributed by atoms with Crippen LogP contribution < -0.4 is 11.2 Å². The Kier molecular flexibility index (Phi) is 6.81. The minimum absolute atomic E-state index is 0.0217. The summed E-state index contributed by atoms with van der Waals surface area (Å²) in [5.41, 5.74) is 5.72. The number of alkyl halides is 3. The van der Waals surface area contributed by atoms with Gasteiger partial charge in [0.25, 0.3) is 0 Å². The molecule has 0 bridgehead atoms. The number of aromatic carboxylic acids is 1. The van der Waals surface area contributed by atoms with Crippen LogP contribution in [0.3, 0.4) is 0 Å². The molecule has 9 nitrogen and oxygen atoms in total. The van der Waals surface area contributed by atoms with Gasteiger partial charge in [-0.3, -0.25) is 4.79 Å². The summed E-state index contributed by atoms with van der Waals surface area (Å²) < 4.78 is 58.2. The van der Waals surface area contributed by atoms with Crippen molar-refractivity contribution in [1.82, 2.24) is 4.57 Å². The molecule has 1 aliphatic rings. The maximum absolute atomic E-state index is 12.5. The monoisotopic (exact) mass is 464 g/mol. The van der Waals surface area contributed by atoms with Gasteiger partial charge in [-0.25, -0.2) is 18.0 Å². The maximum atomic E-state index is 12.5. The van der Waals surface area contributed by atoms with Crippen molar-refractivity contribution in [2.24, 2.45) is 5.73 Å². The minimum atomic E-state index is -5.08. The number of sulfone groups is 1. The lowest BCUT2D eigenvalue weighted by Gasteiger charge is -2.27. The molecule has 2 heterocycles. The van der Waals surface area contributed by atoms with Gasteiger partial charge in [0.1, 0.15) is 5.56 Å². The van der Waals surface area contributed by atoms with E-state index in [-0.39, 0.29) is 34.2 Å². The molecular weight excluding hydrogens is 445 g/mol. The molecule has 1 aromatic heterocycles. The smallest absolute Gasteiger partial charge is 0.477 e. The van der Waals surface area contributed by atoms with Crippen molar-refractivity contribution >= 4 is 32.7 Å². The molecule has 1 aliphatic heterocycles. The molecule has 0 spiro atoms. The van der Waals surface area contributed by atoms with E-state index in [4.69, 9.17) is 15.6 Å². The molecule has 0 saturated heterocycles. The number of nitrogens with zero attached hydrogens (tertiary/aromatic N) is 1. The molecule has 2 aromatic rings. The first kappa shape index (κ1) is 24.3. The Hall–Kier alpha value is -2.93. The normalized spacial score (nSPS) is 15.8. The summed E-state index contributed by atoms with van der Waals surface area (Å²) in [5, 5.41) is 16.5. The largest absolute Gasteiger partial charge is 0.490 e. The highest BCUT2D eigenvalue weighted by Gasteiger charge is 2.38. The van der Waals surface area contributed by atoms with Gasteiger partial charge < -0.3 is 20.5 Å². The predicted molar refractivity (Wildman–Crippen MR) is 103 cm³/mol. The van der Waals surface area contributed by atoms with Gasteiger partial charge in [-0.2, -0.15) is 13.2 Å². The third kappa shape index (κ3) is 5.05. The Labute approximate surface area is 173 Å². The quantitative estimate of drug-likeness (QED) is 0.615. The lowest BCUT2D eigenvalue weighted by molar-refractivity contribution is -0.192. The summed E-state index contributed by atoms with van der Waals surface area (Å²) >= 11 is 0. The van der Waals surface area contributed by atoms with Crippen molar-refractivity contribution in [1.29, 1.82) is 0 Å². The van der Waals surface area contributed by atoms with Crippen LogP contribution in [-0.4, -0.2) is 53.6 Å². The second-order valence-corrected chi connectivity index (χ2v) is 8.97. The van der Waals surface area contributed by atoms with E-state index in [0.29, 0.717) is 11.9 Å². The summed E-state index contributed by atoms with van der Waals surface area (Å²) in [5.74, 6) is -4.30. The van der Waals surface area contributed by atoms with Gasteiger partial charge in [-0.05, 0) is 37.5 Å². The first-order chi connectivity index (χ1) is 14.2. The van der Waals surface area contributed by atoms with E-state index in [2.05, 4.69) is 0 Å². The predicted octanol–water partition coefficient (Wildman–Crippen LogP) is 1.57. The second kappa shape index (κ2) is 8.67. The number of hydrogen-bond acceptors (Lipinski definition) is 6.